The fraction of sp³-hybridized carbons (Fsp3) is 0.318. The lowest BCUT2D eigenvalue weighted by Crippen LogP contribution is -2.39. The van der Waals surface area contributed by atoms with Gasteiger partial charge in [-0.1, -0.05) is 48.5 Å². The number of hydrogen-bond donors (Lipinski definition) is 1. The van der Waals surface area contributed by atoms with E-state index in [2.05, 4.69) is 17.0 Å². The second kappa shape index (κ2) is 9.90. The van der Waals surface area contributed by atoms with E-state index in [0.717, 1.165) is 23.4 Å². The molecule has 0 saturated carbocycles. The molecule has 2 aromatic rings. The average Bonchev–Trinajstić information content (AvgIpc) is 2.71. The van der Waals surface area contributed by atoms with E-state index in [9.17, 15) is 4.79 Å². The van der Waals surface area contributed by atoms with E-state index in [1.54, 1.807) is 0 Å². The maximum Gasteiger partial charge on any atom is 0.304 e. The standard InChI is InChI=1S/C22H25NO4/c24-22(25)12-13-23-14-16-27-21(17-23)19-8-10-20(11-9-19)26-15-4-7-18-5-2-1-3-6-18/h1-11,21H,12-17H2,(H,24,25). The summed E-state index contributed by atoms with van der Waals surface area (Å²) in [6.07, 6.45) is 4.17. The molecule has 1 heterocycles. The minimum Gasteiger partial charge on any atom is -0.490 e. The molecule has 5 nitrogen and oxygen atoms in total. The van der Waals surface area contributed by atoms with Crippen LogP contribution in [0.25, 0.3) is 6.08 Å². The second-order valence-electron chi connectivity index (χ2n) is 6.50. The van der Waals surface area contributed by atoms with E-state index in [-0.39, 0.29) is 12.5 Å². The molecule has 1 aliphatic rings. The van der Waals surface area contributed by atoms with Crippen LogP contribution in [0.5, 0.6) is 5.75 Å². The first kappa shape index (κ1) is 19.1. The fourth-order valence-electron chi connectivity index (χ4n) is 3.03. The molecule has 1 aliphatic heterocycles. The van der Waals surface area contributed by atoms with Gasteiger partial charge in [-0.3, -0.25) is 9.69 Å². The number of ether oxygens (including phenoxy) is 2. The first-order valence-corrected chi connectivity index (χ1v) is 9.21. The summed E-state index contributed by atoms with van der Waals surface area (Å²) in [5.74, 6) is 0.0517. The molecule has 5 heteroatoms. The molecule has 1 saturated heterocycles. The summed E-state index contributed by atoms with van der Waals surface area (Å²) in [6.45, 7) is 3.18. The molecule has 0 spiro atoms. The molecule has 0 amide bonds. The lowest BCUT2D eigenvalue weighted by molar-refractivity contribution is -0.137. The molecular weight excluding hydrogens is 342 g/mol. The van der Waals surface area contributed by atoms with Gasteiger partial charge in [-0.25, -0.2) is 0 Å². The quantitative estimate of drug-likeness (QED) is 0.772. The lowest BCUT2D eigenvalue weighted by atomic mass is 10.1. The molecule has 2 aromatic carbocycles. The monoisotopic (exact) mass is 367 g/mol. The minimum atomic E-state index is -0.763. The number of hydrogen-bond acceptors (Lipinski definition) is 4. The fourth-order valence-corrected chi connectivity index (χ4v) is 3.03. The van der Waals surface area contributed by atoms with Crippen molar-refractivity contribution in [3.05, 3.63) is 71.8 Å². The maximum atomic E-state index is 10.7. The van der Waals surface area contributed by atoms with Gasteiger partial charge in [-0.15, -0.1) is 0 Å². The zero-order valence-electron chi connectivity index (χ0n) is 15.3. The Balaban J connectivity index is 1.48. The van der Waals surface area contributed by atoms with Crippen LogP contribution < -0.4 is 4.74 Å². The highest BCUT2D eigenvalue weighted by Gasteiger charge is 2.22. The topological polar surface area (TPSA) is 59.0 Å². The number of nitrogens with zero attached hydrogens (tertiary/aromatic N) is 1. The number of morpholine rings is 1. The molecule has 0 aromatic heterocycles. The lowest BCUT2D eigenvalue weighted by Gasteiger charge is -2.32. The first-order chi connectivity index (χ1) is 13.2. The number of aliphatic carboxylic acids is 1. The Hall–Kier alpha value is -2.63. The summed E-state index contributed by atoms with van der Waals surface area (Å²) in [7, 11) is 0. The van der Waals surface area contributed by atoms with E-state index in [1.165, 1.54) is 0 Å². The molecule has 27 heavy (non-hydrogen) atoms. The van der Waals surface area contributed by atoms with E-state index in [4.69, 9.17) is 14.6 Å². The third-order valence-electron chi connectivity index (χ3n) is 4.50. The van der Waals surface area contributed by atoms with E-state index in [1.807, 2.05) is 54.6 Å². The van der Waals surface area contributed by atoms with Crippen LogP contribution in [0.4, 0.5) is 0 Å². The largest absolute Gasteiger partial charge is 0.490 e. The summed E-state index contributed by atoms with van der Waals surface area (Å²) in [6, 6.07) is 18.0. The van der Waals surface area contributed by atoms with Crippen LogP contribution in [0.15, 0.2) is 60.7 Å². The Morgan fingerprint density at radius 2 is 1.96 bits per heavy atom. The minimum absolute atomic E-state index is 0.0282. The Kier molecular flexibility index (Phi) is 7.02. The third kappa shape index (κ3) is 6.24. The van der Waals surface area contributed by atoms with Crippen molar-refractivity contribution in [1.29, 1.82) is 0 Å². The predicted molar refractivity (Wildman–Crippen MR) is 105 cm³/mol. The predicted octanol–water partition coefficient (Wildman–Crippen LogP) is 3.63. The van der Waals surface area contributed by atoms with Gasteiger partial charge in [-0.2, -0.15) is 0 Å². The zero-order chi connectivity index (χ0) is 18.9. The third-order valence-corrected chi connectivity index (χ3v) is 4.50. The number of benzene rings is 2. The first-order valence-electron chi connectivity index (χ1n) is 9.21. The molecule has 1 fully saturated rings. The van der Waals surface area contributed by atoms with Gasteiger partial charge in [0, 0.05) is 19.6 Å². The normalized spacial score (nSPS) is 17.9. The van der Waals surface area contributed by atoms with Crippen molar-refractivity contribution in [3.8, 4) is 5.75 Å². The molecular formula is C22H25NO4. The average molecular weight is 367 g/mol. The molecule has 142 valence electrons. The Labute approximate surface area is 159 Å². The molecule has 0 radical (unpaired) electrons. The van der Waals surface area contributed by atoms with Gasteiger partial charge in [0.1, 0.15) is 12.4 Å². The van der Waals surface area contributed by atoms with Gasteiger partial charge in [-0.05, 0) is 29.3 Å². The van der Waals surface area contributed by atoms with Crippen molar-refractivity contribution in [1.82, 2.24) is 4.90 Å². The van der Waals surface area contributed by atoms with Gasteiger partial charge in [0.25, 0.3) is 0 Å². The number of carbonyl (C=O) groups is 1. The van der Waals surface area contributed by atoms with Gasteiger partial charge in [0.15, 0.2) is 0 Å². The highest BCUT2D eigenvalue weighted by atomic mass is 16.5. The van der Waals surface area contributed by atoms with Crippen LogP contribution in [-0.2, 0) is 9.53 Å². The Bertz CT molecular complexity index is 743. The summed E-state index contributed by atoms with van der Waals surface area (Å²) < 4.78 is 11.6. The smallest absolute Gasteiger partial charge is 0.304 e. The van der Waals surface area contributed by atoms with E-state index >= 15 is 0 Å². The maximum absolute atomic E-state index is 10.7. The van der Waals surface area contributed by atoms with Crippen molar-refractivity contribution >= 4 is 12.0 Å². The summed E-state index contributed by atoms with van der Waals surface area (Å²) in [5.41, 5.74) is 2.24. The van der Waals surface area contributed by atoms with Crippen LogP contribution in [0.3, 0.4) is 0 Å². The van der Waals surface area contributed by atoms with E-state index < -0.39 is 5.97 Å². The highest BCUT2D eigenvalue weighted by molar-refractivity contribution is 5.66. The molecule has 0 bridgehead atoms. The van der Waals surface area contributed by atoms with Crippen LogP contribution in [0.2, 0.25) is 0 Å². The van der Waals surface area contributed by atoms with Gasteiger partial charge in [0.05, 0.1) is 19.1 Å². The molecule has 3 rings (SSSR count). The molecule has 1 unspecified atom stereocenters. The Morgan fingerprint density at radius 3 is 2.70 bits per heavy atom. The van der Waals surface area contributed by atoms with Gasteiger partial charge < -0.3 is 14.6 Å². The SMILES string of the molecule is O=C(O)CCN1CCOC(c2ccc(OCC=Cc3ccccc3)cc2)C1. The van der Waals surface area contributed by atoms with E-state index in [0.29, 0.717) is 26.3 Å². The van der Waals surface area contributed by atoms with Crippen LogP contribution in [0.1, 0.15) is 23.7 Å². The number of carboxylic acid groups (broad SMARTS) is 1. The van der Waals surface area contributed by atoms with Crippen molar-refractivity contribution in [2.24, 2.45) is 0 Å². The number of rotatable bonds is 8. The van der Waals surface area contributed by atoms with Crippen LogP contribution in [-0.4, -0.2) is 48.8 Å². The zero-order valence-corrected chi connectivity index (χ0v) is 15.3. The molecule has 1 N–H and O–H groups in total. The van der Waals surface area contributed by atoms with Crippen molar-refractivity contribution < 1.29 is 19.4 Å². The van der Waals surface area contributed by atoms with Crippen LogP contribution >= 0.6 is 0 Å². The summed E-state index contributed by atoms with van der Waals surface area (Å²) in [4.78, 5) is 12.9. The summed E-state index contributed by atoms with van der Waals surface area (Å²) in [5, 5.41) is 8.83. The van der Waals surface area contributed by atoms with Crippen LogP contribution in [0, 0.1) is 0 Å². The van der Waals surface area contributed by atoms with Crippen molar-refractivity contribution in [2.75, 3.05) is 32.8 Å². The number of carboxylic acids is 1. The van der Waals surface area contributed by atoms with Crippen molar-refractivity contribution in [2.45, 2.75) is 12.5 Å². The van der Waals surface area contributed by atoms with Gasteiger partial charge >= 0.3 is 5.97 Å². The Morgan fingerprint density at radius 1 is 1.19 bits per heavy atom. The van der Waals surface area contributed by atoms with Crippen molar-refractivity contribution in [3.63, 3.8) is 0 Å². The highest BCUT2D eigenvalue weighted by Crippen LogP contribution is 2.24. The molecule has 0 aliphatic carbocycles. The second-order valence-corrected chi connectivity index (χ2v) is 6.50. The summed E-state index contributed by atoms with van der Waals surface area (Å²) >= 11 is 0. The molecule has 1 atom stereocenters. The van der Waals surface area contributed by atoms with Gasteiger partial charge in [0.2, 0.25) is 0 Å².